The molecule has 0 unspecified atom stereocenters. The number of hydrogen-bond donors (Lipinski definition) is 0. The van der Waals surface area contributed by atoms with Gasteiger partial charge in [-0.05, 0) is 37.7 Å². The largest absolute Gasteiger partial charge is 0.379 e. The van der Waals surface area contributed by atoms with Crippen molar-refractivity contribution in [3.05, 3.63) is 16.3 Å². The number of anilines is 1. The van der Waals surface area contributed by atoms with Crippen molar-refractivity contribution in [1.82, 2.24) is 14.9 Å². The quantitative estimate of drug-likeness (QED) is 0.826. The minimum atomic E-state index is 0.828. The maximum atomic E-state index is 5.49. The van der Waals surface area contributed by atoms with E-state index in [9.17, 15) is 0 Å². The van der Waals surface area contributed by atoms with Crippen molar-refractivity contribution >= 4 is 27.4 Å². The number of hydrogen-bond acceptors (Lipinski definition) is 6. The van der Waals surface area contributed by atoms with E-state index in [0.717, 1.165) is 51.8 Å². The summed E-state index contributed by atoms with van der Waals surface area (Å²) in [4.78, 5) is 17.9. The Morgan fingerprint density at radius 2 is 1.69 bits per heavy atom. The summed E-state index contributed by atoms with van der Waals surface area (Å²) in [5.41, 5.74) is 1.56. The van der Waals surface area contributed by atoms with Gasteiger partial charge in [-0.15, -0.1) is 11.3 Å². The molecule has 0 saturated carbocycles. The summed E-state index contributed by atoms with van der Waals surface area (Å²) in [5, 5.41) is 1.38. The molecule has 0 amide bonds. The van der Waals surface area contributed by atoms with Crippen molar-refractivity contribution in [2.75, 3.05) is 44.3 Å². The van der Waals surface area contributed by atoms with Crippen LogP contribution in [0, 0.1) is 0 Å². The van der Waals surface area contributed by atoms with Crippen LogP contribution < -0.4 is 4.90 Å². The third-order valence-electron chi connectivity index (χ3n) is 5.97. The predicted molar refractivity (Wildman–Crippen MR) is 106 cm³/mol. The minimum absolute atomic E-state index is 0.828. The van der Waals surface area contributed by atoms with Gasteiger partial charge in [0.1, 0.15) is 16.5 Å². The molecule has 2 aromatic rings. The van der Waals surface area contributed by atoms with Gasteiger partial charge in [0, 0.05) is 31.1 Å². The number of nitrogens with zero attached hydrogens (tertiary/aromatic N) is 4. The van der Waals surface area contributed by atoms with E-state index in [-0.39, 0.29) is 0 Å². The third-order valence-corrected chi connectivity index (χ3v) is 7.15. The van der Waals surface area contributed by atoms with Gasteiger partial charge in [0.05, 0.1) is 25.1 Å². The van der Waals surface area contributed by atoms with Crippen LogP contribution in [0.1, 0.15) is 48.4 Å². The number of aromatic nitrogens is 2. The topological polar surface area (TPSA) is 41.5 Å². The molecule has 0 aromatic carbocycles. The SMILES string of the molecule is C1CCCN(c2nc(CN3CCOCC3)nc3sc4c(c23)CCC4)CC1. The summed E-state index contributed by atoms with van der Waals surface area (Å²) < 4.78 is 5.49. The van der Waals surface area contributed by atoms with Gasteiger partial charge in [0.2, 0.25) is 0 Å². The lowest BCUT2D eigenvalue weighted by Gasteiger charge is -2.27. The number of aryl methyl sites for hydroxylation is 2. The van der Waals surface area contributed by atoms with E-state index in [1.165, 1.54) is 61.0 Å². The molecule has 2 saturated heterocycles. The zero-order valence-electron chi connectivity index (χ0n) is 15.5. The number of rotatable bonds is 3. The average Bonchev–Trinajstić information content (AvgIpc) is 3.12. The number of ether oxygens (including phenoxy) is 1. The molecule has 5 rings (SSSR count). The first-order valence-corrected chi connectivity index (χ1v) is 11.1. The first-order valence-electron chi connectivity index (χ1n) is 10.2. The van der Waals surface area contributed by atoms with Crippen LogP contribution in [0.15, 0.2) is 0 Å². The van der Waals surface area contributed by atoms with Crippen LogP contribution in [-0.2, 0) is 24.1 Å². The van der Waals surface area contributed by atoms with Crippen LogP contribution in [0.3, 0.4) is 0 Å². The Morgan fingerprint density at radius 1 is 0.885 bits per heavy atom. The molecule has 2 fully saturated rings. The Hall–Kier alpha value is -1.24. The first kappa shape index (κ1) is 16.9. The maximum Gasteiger partial charge on any atom is 0.146 e. The van der Waals surface area contributed by atoms with Crippen molar-refractivity contribution < 1.29 is 4.74 Å². The third kappa shape index (κ3) is 3.23. The molecule has 5 nitrogen and oxygen atoms in total. The van der Waals surface area contributed by atoms with Crippen LogP contribution in [0.4, 0.5) is 5.82 Å². The fraction of sp³-hybridized carbons (Fsp3) is 0.700. The second kappa shape index (κ2) is 7.41. The summed E-state index contributed by atoms with van der Waals surface area (Å²) in [5.74, 6) is 2.23. The highest BCUT2D eigenvalue weighted by Gasteiger charge is 2.25. The highest BCUT2D eigenvalue weighted by molar-refractivity contribution is 7.19. The molecule has 4 heterocycles. The molecule has 6 heteroatoms. The fourth-order valence-electron chi connectivity index (χ4n) is 4.56. The zero-order valence-corrected chi connectivity index (χ0v) is 16.3. The second-order valence-electron chi connectivity index (χ2n) is 7.79. The summed E-state index contributed by atoms with van der Waals surface area (Å²) in [6, 6.07) is 0. The van der Waals surface area contributed by atoms with E-state index in [1.807, 2.05) is 11.3 Å². The van der Waals surface area contributed by atoms with Gasteiger partial charge in [0.15, 0.2) is 0 Å². The molecular formula is C20H28N4OS. The molecule has 26 heavy (non-hydrogen) atoms. The van der Waals surface area contributed by atoms with Crippen LogP contribution in [0.2, 0.25) is 0 Å². The zero-order chi connectivity index (χ0) is 17.3. The molecule has 0 N–H and O–H groups in total. The standard InChI is InChI=1S/C20H28N4OS/c1-2-4-9-24(8-3-1)19-18-15-6-5-7-16(15)26-20(18)22-17(21-19)14-23-10-12-25-13-11-23/h1-14H2. The highest BCUT2D eigenvalue weighted by atomic mass is 32.1. The molecule has 1 aliphatic carbocycles. The van der Waals surface area contributed by atoms with Crippen molar-refractivity contribution in [3.8, 4) is 0 Å². The number of fused-ring (bicyclic) bond motifs is 3. The van der Waals surface area contributed by atoms with Crippen LogP contribution in [0.25, 0.3) is 10.2 Å². The lowest BCUT2D eigenvalue weighted by Crippen LogP contribution is -2.36. The molecule has 0 bridgehead atoms. The van der Waals surface area contributed by atoms with Crippen molar-refractivity contribution in [2.24, 2.45) is 0 Å². The lowest BCUT2D eigenvalue weighted by atomic mass is 10.1. The van der Waals surface area contributed by atoms with E-state index >= 15 is 0 Å². The molecule has 3 aliphatic rings. The minimum Gasteiger partial charge on any atom is -0.379 e. The maximum absolute atomic E-state index is 5.49. The number of morpholine rings is 1. The van der Waals surface area contributed by atoms with Crippen LogP contribution in [-0.4, -0.2) is 54.3 Å². The molecular weight excluding hydrogens is 344 g/mol. The Balaban J connectivity index is 1.54. The summed E-state index contributed by atoms with van der Waals surface area (Å²) in [7, 11) is 0. The van der Waals surface area contributed by atoms with Crippen LogP contribution in [0.5, 0.6) is 0 Å². The molecule has 2 aromatic heterocycles. The highest BCUT2D eigenvalue weighted by Crippen LogP contribution is 2.41. The van der Waals surface area contributed by atoms with Gasteiger partial charge in [-0.25, -0.2) is 9.97 Å². The molecule has 0 spiro atoms. The Bertz CT molecular complexity index is 776. The first-order chi connectivity index (χ1) is 12.9. The monoisotopic (exact) mass is 372 g/mol. The van der Waals surface area contributed by atoms with Crippen LogP contribution >= 0.6 is 11.3 Å². The number of thiophene rings is 1. The summed E-state index contributed by atoms with van der Waals surface area (Å²) in [6.07, 6.45) is 9.02. The Morgan fingerprint density at radius 3 is 2.50 bits per heavy atom. The van der Waals surface area contributed by atoms with Crippen molar-refractivity contribution in [1.29, 1.82) is 0 Å². The fourth-order valence-corrected chi connectivity index (χ4v) is 5.84. The van der Waals surface area contributed by atoms with Gasteiger partial charge in [-0.2, -0.15) is 0 Å². The summed E-state index contributed by atoms with van der Waals surface area (Å²) >= 11 is 1.92. The van der Waals surface area contributed by atoms with Crippen molar-refractivity contribution in [2.45, 2.75) is 51.5 Å². The van der Waals surface area contributed by atoms with E-state index in [4.69, 9.17) is 14.7 Å². The molecule has 140 valence electrons. The smallest absolute Gasteiger partial charge is 0.146 e. The van der Waals surface area contributed by atoms with E-state index in [2.05, 4.69) is 9.80 Å². The van der Waals surface area contributed by atoms with Gasteiger partial charge in [-0.1, -0.05) is 12.8 Å². The van der Waals surface area contributed by atoms with Gasteiger partial charge in [0.25, 0.3) is 0 Å². The predicted octanol–water partition coefficient (Wildman–Crippen LogP) is 3.39. The normalized spacial score (nSPS) is 21.9. The summed E-state index contributed by atoms with van der Waals surface area (Å²) in [6.45, 7) is 6.77. The second-order valence-corrected chi connectivity index (χ2v) is 8.87. The van der Waals surface area contributed by atoms with Gasteiger partial charge >= 0.3 is 0 Å². The van der Waals surface area contributed by atoms with E-state index in [1.54, 1.807) is 10.4 Å². The Labute approximate surface area is 159 Å². The molecule has 2 aliphatic heterocycles. The Kier molecular flexibility index (Phi) is 4.82. The molecule has 0 radical (unpaired) electrons. The molecule has 0 atom stereocenters. The van der Waals surface area contributed by atoms with E-state index in [0.29, 0.717) is 0 Å². The lowest BCUT2D eigenvalue weighted by molar-refractivity contribution is 0.0331. The van der Waals surface area contributed by atoms with E-state index < -0.39 is 0 Å². The van der Waals surface area contributed by atoms with Gasteiger partial charge in [-0.3, -0.25) is 4.90 Å². The van der Waals surface area contributed by atoms with Gasteiger partial charge < -0.3 is 9.64 Å². The average molecular weight is 373 g/mol. The van der Waals surface area contributed by atoms with Crippen molar-refractivity contribution in [3.63, 3.8) is 0 Å².